The summed E-state index contributed by atoms with van der Waals surface area (Å²) in [5.74, 6) is 0.0862. The molecule has 2 aromatic rings. The predicted molar refractivity (Wildman–Crippen MR) is 159 cm³/mol. The lowest BCUT2D eigenvalue weighted by Crippen LogP contribution is -2.37. The van der Waals surface area contributed by atoms with Gasteiger partial charge in [-0.1, -0.05) is 18.6 Å². The first-order valence-electron chi connectivity index (χ1n) is 14.8. The number of methoxy groups -OCH3 is 3. The van der Waals surface area contributed by atoms with E-state index in [2.05, 4.69) is 5.32 Å². The summed E-state index contributed by atoms with van der Waals surface area (Å²) in [6.45, 7) is 3.17. The van der Waals surface area contributed by atoms with Crippen LogP contribution in [0.4, 0.5) is 0 Å². The molecule has 9 heteroatoms. The molecule has 0 radical (unpaired) electrons. The molecule has 0 aromatic heterocycles. The summed E-state index contributed by atoms with van der Waals surface area (Å²) >= 11 is 0. The Bertz CT molecular complexity index is 1480. The van der Waals surface area contributed by atoms with Crippen LogP contribution in [-0.2, 0) is 19.1 Å². The number of carbonyl (C=O) groups is 3. The number of nitrogens with one attached hydrogen (secondary N) is 1. The minimum absolute atomic E-state index is 0.0583. The fraction of sp³-hybridized carbons (Fsp3) is 0.441. The molecule has 2 unspecified atom stereocenters. The Labute approximate surface area is 252 Å². The van der Waals surface area contributed by atoms with E-state index in [4.69, 9.17) is 23.7 Å². The molecular weight excluding hydrogens is 550 g/mol. The number of benzene rings is 2. The second-order valence-electron chi connectivity index (χ2n) is 11.3. The Kier molecular flexibility index (Phi) is 9.08. The Morgan fingerprint density at radius 2 is 1.44 bits per heavy atom. The number of carbonyl (C=O) groups excluding carboxylic acids is 3. The molecule has 1 saturated carbocycles. The number of hydrogen-bond acceptors (Lipinski definition) is 9. The number of ketones is 1. The van der Waals surface area contributed by atoms with Crippen LogP contribution < -0.4 is 24.3 Å². The molecule has 1 heterocycles. The van der Waals surface area contributed by atoms with Crippen LogP contribution in [0.15, 0.2) is 58.9 Å². The highest BCUT2D eigenvalue weighted by Gasteiger charge is 2.42. The third kappa shape index (κ3) is 6.26. The number of rotatable bonds is 8. The maximum atomic E-state index is 14.1. The van der Waals surface area contributed by atoms with E-state index in [0.717, 1.165) is 43.4 Å². The van der Waals surface area contributed by atoms with Gasteiger partial charge < -0.3 is 29.0 Å². The first-order valence-corrected chi connectivity index (χ1v) is 14.8. The van der Waals surface area contributed by atoms with E-state index in [1.807, 2.05) is 25.1 Å². The smallest absolute Gasteiger partial charge is 0.337 e. The summed E-state index contributed by atoms with van der Waals surface area (Å²) in [5, 5.41) is 3.41. The Morgan fingerprint density at radius 3 is 2.12 bits per heavy atom. The third-order valence-electron chi connectivity index (χ3n) is 8.53. The molecule has 43 heavy (non-hydrogen) atoms. The quantitative estimate of drug-likeness (QED) is 0.298. The number of hydrogen-bond donors (Lipinski definition) is 1. The molecule has 1 fully saturated rings. The van der Waals surface area contributed by atoms with Crippen molar-refractivity contribution in [2.45, 2.75) is 76.7 Å². The van der Waals surface area contributed by atoms with Crippen LogP contribution in [0, 0.1) is 0 Å². The second-order valence-corrected chi connectivity index (χ2v) is 11.3. The van der Waals surface area contributed by atoms with Gasteiger partial charge in [0.1, 0.15) is 6.10 Å². The van der Waals surface area contributed by atoms with Gasteiger partial charge in [-0.2, -0.15) is 0 Å². The van der Waals surface area contributed by atoms with E-state index in [9.17, 15) is 14.4 Å². The van der Waals surface area contributed by atoms with Gasteiger partial charge in [0, 0.05) is 36.2 Å². The first-order chi connectivity index (χ1) is 20.7. The van der Waals surface area contributed by atoms with Crippen LogP contribution in [-0.4, -0.2) is 45.2 Å². The fourth-order valence-electron chi connectivity index (χ4n) is 6.49. The molecule has 2 atom stereocenters. The molecule has 3 aliphatic rings. The summed E-state index contributed by atoms with van der Waals surface area (Å²) in [6.07, 6.45) is 5.55. The summed E-state index contributed by atoms with van der Waals surface area (Å²) in [7, 11) is 4.66. The van der Waals surface area contributed by atoms with Gasteiger partial charge in [0.15, 0.2) is 28.8 Å². The molecule has 0 saturated heterocycles. The van der Waals surface area contributed by atoms with Crippen molar-refractivity contribution in [3.63, 3.8) is 0 Å². The van der Waals surface area contributed by atoms with E-state index < -0.39 is 17.9 Å². The SMILES string of the molecule is COc1ccc(C2CC(=O)C3=C(C2)NC(C)=C(C(=O)OC2CCCCC2)C3c2ccc(OC(C)=O)c(OC)c2)cc1OC. The van der Waals surface area contributed by atoms with Gasteiger partial charge in [-0.05, 0) is 80.3 Å². The van der Waals surface area contributed by atoms with E-state index in [-0.39, 0.29) is 30.0 Å². The summed E-state index contributed by atoms with van der Waals surface area (Å²) in [5.41, 5.74) is 4.01. The lowest BCUT2D eigenvalue weighted by Gasteiger charge is -2.37. The van der Waals surface area contributed by atoms with E-state index >= 15 is 0 Å². The van der Waals surface area contributed by atoms with Crippen LogP contribution in [0.5, 0.6) is 23.0 Å². The van der Waals surface area contributed by atoms with Crippen molar-refractivity contribution in [3.05, 3.63) is 70.1 Å². The van der Waals surface area contributed by atoms with Crippen LogP contribution in [0.3, 0.4) is 0 Å². The zero-order valence-electron chi connectivity index (χ0n) is 25.4. The molecule has 0 spiro atoms. The number of ether oxygens (including phenoxy) is 5. The molecule has 0 amide bonds. The van der Waals surface area contributed by atoms with Gasteiger partial charge in [-0.3, -0.25) is 9.59 Å². The highest BCUT2D eigenvalue weighted by molar-refractivity contribution is 6.04. The zero-order chi connectivity index (χ0) is 30.7. The zero-order valence-corrected chi connectivity index (χ0v) is 25.4. The van der Waals surface area contributed by atoms with E-state index in [1.54, 1.807) is 32.4 Å². The number of esters is 2. The summed E-state index contributed by atoms with van der Waals surface area (Å²) < 4.78 is 27.8. The van der Waals surface area contributed by atoms with Crippen molar-refractivity contribution >= 4 is 17.7 Å². The molecule has 1 aliphatic heterocycles. The van der Waals surface area contributed by atoms with E-state index in [1.165, 1.54) is 14.0 Å². The van der Waals surface area contributed by atoms with Crippen LogP contribution in [0.25, 0.3) is 0 Å². The number of dihydropyridines is 1. The monoisotopic (exact) mass is 589 g/mol. The minimum Gasteiger partial charge on any atom is -0.493 e. The molecule has 5 rings (SSSR count). The van der Waals surface area contributed by atoms with Crippen molar-refractivity contribution in [2.75, 3.05) is 21.3 Å². The molecule has 228 valence electrons. The summed E-state index contributed by atoms with van der Waals surface area (Å²) in [6, 6.07) is 10.9. The molecular formula is C34H39NO8. The van der Waals surface area contributed by atoms with Gasteiger partial charge in [0.2, 0.25) is 0 Å². The van der Waals surface area contributed by atoms with Crippen LogP contribution in [0.1, 0.15) is 81.8 Å². The van der Waals surface area contributed by atoms with Crippen LogP contribution in [0.2, 0.25) is 0 Å². The maximum absolute atomic E-state index is 14.1. The topological polar surface area (TPSA) is 109 Å². The minimum atomic E-state index is -0.675. The van der Waals surface area contributed by atoms with E-state index in [0.29, 0.717) is 46.1 Å². The van der Waals surface area contributed by atoms with Crippen molar-refractivity contribution in [1.29, 1.82) is 0 Å². The largest absolute Gasteiger partial charge is 0.493 e. The van der Waals surface area contributed by atoms with Gasteiger partial charge >= 0.3 is 11.9 Å². The van der Waals surface area contributed by atoms with Gasteiger partial charge in [-0.15, -0.1) is 0 Å². The second kappa shape index (κ2) is 12.9. The molecule has 2 aromatic carbocycles. The summed E-state index contributed by atoms with van der Waals surface area (Å²) in [4.78, 5) is 39.6. The van der Waals surface area contributed by atoms with Gasteiger partial charge in [0.25, 0.3) is 0 Å². The van der Waals surface area contributed by atoms with Gasteiger partial charge in [0.05, 0.1) is 26.9 Å². The first kappa shape index (κ1) is 30.2. The average molecular weight is 590 g/mol. The highest BCUT2D eigenvalue weighted by atomic mass is 16.6. The molecule has 0 bridgehead atoms. The van der Waals surface area contributed by atoms with Crippen molar-refractivity contribution in [3.8, 4) is 23.0 Å². The van der Waals surface area contributed by atoms with Crippen molar-refractivity contribution in [2.24, 2.45) is 0 Å². The third-order valence-corrected chi connectivity index (χ3v) is 8.53. The van der Waals surface area contributed by atoms with Crippen molar-refractivity contribution in [1.82, 2.24) is 5.32 Å². The molecule has 1 N–H and O–H groups in total. The molecule has 9 nitrogen and oxygen atoms in total. The Morgan fingerprint density at radius 1 is 0.814 bits per heavy atom. The lowest BCUT2D eigenvalue weighted by atomic mass is 9.71. The Hall–Kier alpha value is -4.27. The normalized spacial score (nSPS) is 20.6. The van der Waals surface area contributed by atoms with Gasteiger partial charge in [-0.25, -0.2) is 4.79 Å². The fourth-order valence-corrected chi connectivity index (χ4v) is 6.49. The standard InChI is InChI=1S/C34H39NO8/c1-19-31(34(38)43-24-9-7-6-8-10-24)32(22-12-14-28(42-20(2)36)30(18-22)41-5)33-25(35-19)15-23(16-26(33)37)21-11-13-27(39-3)29(17-21)40-4/h11-14,17-18,23-24,32,35H,6-10,15-16H2,1-5H3. The van der Waals surface area contributed by atoms with Crippen LogP contribution >= 0.6 is 0 Å². The van der Waals surface area contributed by atoms with Crippen molar-refractivity contribution < 1.29 is 38.1 Å². The predicted octanol–water partition coefficient (Wildman–Crippen LogP) is 5.88. The maximum Gasteiger partial charge on any atom is 0.337 e. The number of Topliss-reactive ketones (excluding diaryl/α,β-unsaturated/α-hetero) is 1. The molecule has 2 aliphatic carbocycles. The Balaban J connectivity index is 1.56. The lowest BCUT2D eigenvalue weighted by molar-refractivity contribution is -0.146. The highest BCUT2D eigenvalue weighted by Crippen LogP contribution is 2.48. The average Bonchev–Trinajstić information content (AvgIpc) is 3.00. The number of allylic oxidation sites excluding steroid dienone is 3.